The lowest BCUT2D eigenvalue weighted by atomic mass is 9.95. The number of nitrogens with zero attached hydrogens (tertiary/aromatic N) is 6. The van der Waals surface area contributed by atoms with Gasteiger partial charge in [-0.15, -0.1) is 0 Å². The number of anilines is 1. The Bertz CT molecular complexity index is 1350. The maximum atomic E-state index is 11.7. The standard InChI is InChI=1S/C25H27N7O2S/c1-15-3-4-17(13-27-15)22-19-5-6-20-24(35-25(29-20)28-16(2)33)23(19)32(30-22)18-7-10-31(11-8-18)14-21-26-9-12-34-21/h3-4,9,12-13,18H,5-8,10-11,14H2,1-2H3,(H,28,29,33). The lowest BCUT2D eigenvalue weighted by Crippen LogP contribution is -2.34. The maximum absolute atomic E-state index is 11.7. The van der Waals surface area contributed by atoms with Crippen molar-refractivity contribution in [3.63, 3.8) is 0 Å². The average Bonchev–Trinajstić information content (AvgIpc) is 3.58. The van der Waals surface area contributed by atoms with Gasteiger partial charge in [0, 0.05) is 43.0 Å². The molecule has 0 saturated carbocycles. The van der Waals surface area contributed by atoms with E-state index in [9.17, 15) is 4.79 Å². The molecule has 1 amide bonds. The highest BCUT2D eigenvalue weighted by atomic mass is 32.1. The van der Waals surface area contributed by atoms with Crippen molar-refractivity contribution >= 4 is 22.4 Å². The number of hydrogen-bond acceptors (Lipinski definition) is 8. The Morgan fingerprint density at radius 1 is 1.23 bits per heavy atom. The van der Waals surface area contributed by atoms with Crippen LogP contribution in [-0.4, -0.2) is 48.6 Å². The molecule has 6 rings (SSSR count). The molecule has 0 aromatic carbocycles. The van der Waals surface area contributed by atoms with Gasteiger partial charge in [0.2, 0.25) is 11.8 Å². The second kappa shape index (κ2) is 9.01. The highest BCUT2D eigenvalue weighted by molar-refractivity contribution is 7.19. The van der Waals surface area contributed by atoms with Gasteiger partial charge < -0.3 is 9.73 Å². The molecule has 0 unspecified atom stereocenters. The number of hydrogen-bond donors (Lipinski definition) is 1. The van der Waals surface area contributed by atoms with Crippen LogP contribution < -0.4 is 5.32 Å². The summed E-state index contributed by atoms with van der Waals surface area (Å²) in [4.78, 5) is 28.7. The molecule has 0 radical (unpaired) electrons. The minimum Gasteiger partial charge on any atom is -0.448 e. The first-order valence-electron chi connectivity index (χ1n) is 12.0. The zero-order chi connectivity index (χ0) is 23.9. The van der Waals surface area contributed by atoms with Crippen molar-refractivity contribution in [3.8, 4) is 21.8 Å². The molecule has 1 saturated heterocycles. The van der Waals surface area contributed by atoms with E-state index in [1.807, 2.05) is 19.2 Å². The van der Waals surface area contributed by atoms with Crippen LogP contribution in [0.3, 0.4) is 0 Å². The third kappa shape index (κ3) is 4.28. The van der Waals surface area contributed by atoms with Gasteiger partial charge in [-0.25, -0.2) is 9.97 Å². The number of aryl methyl sites for hydroxylation is 2. The monoisotopic (exact) mass is 489 g/mol. The van der Waals surface area contributed by atoms with Crippen LogP contribution in [0.4, 0.5) is 5.13 Å². The van der Waals surface area contributed by atoms with Gasteiger partial charge in [0.1, 0.15) is 6.26 Å². The molecule has 1 fully saturated rings. The fourth-order valence-electron chi connectivity index (χ4n) is 5.05. The van der Waals surface area contributed by atoms with Crippen molar-refractivity contribution < 1.29 is 9.21 Å². The second-order valence-electron chi connectivity index (χ2n) is 9.22. The number of pyridine rings is 1. The van der Waals surface area contributed by atoms with E-state index in [1.165, 1.54) is 12.5 Å². The number of likely N-dealkylation sites (tertiary alicyclic amines) is 1. The molecule has 35 heavy (non-hydrogen) atoms. The smallest absolute Gasteiger partial charge is 0.223 e. The topological polar surface area (TPSA) is 102 Å². The van der Waals surface area contributed by atoms with E-state index in [4.69, 9.17) is 14.5 Å². The Hall–Kier alpha value is -3.37. The Morgan fingerprint density at radius 3 is 2.80 bits per heavy atom. The zero-order valence-corrected chi connectivity index (χ0v) is 20.6. The van der Waals surface area contributed by atoms with Gasteiger partial charge >= 0.3 is 0 Å². The molecule has 0 bridgehead atoms. The number of nitrogens with one attached hydrogen (secondary N) is 1. The molecular formula is C25H27N7O2S. The molecule has 9 nitrogen and oxygen atoms in total. The molecule has 1 aliphatic heterocycles. The number of piperidine rings is 1. The Balaban J connectivity index is 1.36. The van der Waals surface area contributed by atoms with E-state index < -0.39 is 0 Å². The maximum Gasteiger partial charge on any atom is 0.223 e. The first kappa shape index (κ1) is 22.1. The van der Waals surface area contributed by atoms with Crippen molar-refractivity contribution in [2.75, 3.05) is 18.4 Å². The summed E-state index contributed by atoms with van der Waals surface area (Å²) >= 11 is 1.55. The molecule has 1 N–H and O–H groups in total. The molecule has 2 aliphatic rings. The molecule has 4 aromatic heterocycles. The highest BCUT2D eigenvalue weighted by Gasteiger charge is 2.33. The zero-order valence-electron chi connectivity index (χ0n) is 19.8. The van der Waals surface area contributed by atoms with Crippen LogP contribution in [0.15, 0.2) is 35.2 Å². The second-order valence-corrected chi connectivity index (χ2v) is 10.2. The summed E-state index contributed by atoms with van der Waals surface area (Å²) in [6.07, 6.45) is 8.94. The normalized spacial score (nSPS) is 16.2. The van der Waals surface area contributed by atoms with Gasteiger partial charge in [0.25, 0.3) is 0 Å². The summed E-state index contributed by atoms with van der Waals surface area (Å²) in [6.45, 7) is 6.16. The molecule has 0 spiro atoms. The van der Waals surface area contributed by atoms with Gasteiger partial charge in [-0.3, -0.25) is 19.4 Å². The minimum atomic E-state index is -0.102. The van der Waals surface area contributed by atoms with E-state index in [1.54, 1.807) is 23.8 Å². The van der Waals surface area contributed by atoms with Crippen molar-refractivity contribution in [3.05, 3.63) is 53.6 Å². The molecular weight excluding hydrogens is 462 g/mol. The summed E-state index contributed by atoms with van der Waals surface area (Å²) in [5, 5.41) is 8.73. The van der Waals surface area contributed by atoms with Crippen molar-refractivity contribution in [2.45, 2.75) is 52.1 Å². The van der Waals surface area contributed by atoms with Crippen LogP contribution in [0.2, 0.25) is 0 Å². The summed E-state index contributed by atoms with van der Waals surface area (Å²) in [5.74, 6) is 0.656. The first-order chi connectivity index (χ1) is 17.0. The van der Waals surface area contributed by atoms with Crippen LogP contribution in [-0.2, 0) is 24.2 Å². The quantitative estimate of drug-likeness (QED) is 0.447. The number of fused-ring (bicyclic) bond motifs is 3. The third-order valence-electron chi connectivity index (χ3n) is 6.75. The predicted molar refractivity (Wildman–Crippen MR) is 133 cm³/mol. The van der Waals surface area contributed by atoms with Gasteiger partial charge in [0.15, 0.2) is 5.13 Å². The summed E-state index contributed by atoms with van der Waals surface area (Å²) in [5.41, 5.74) is 6.50. The lowest BCUT2D eigenvalue weighted by Gasteiger charge is -2.32. The molecule has 4 aromatic rings. The van der Waals surface area contributed by atoms with Gasteiger partial charge in [-0.05, 0) is 44.7 Å². The van der Waals surface area contributed by atoms with Gasteiger partial charge in [-0.1, -0.05) is 11.3 Å². The number of aromatic nitrogens is 5. The first-order valence-corrected chi connectivity index (χ1v) is 12.8. The largest absolute Gasteiger partial charge is 0.448 e. The molecule has 1 aliphatic carbocycles. The van der Waals surface area contributed by atoms with Crippen LogP contribution in [0.5, 0.6) is 0 Å². The van der Waals surface area contributed by atoms with E-state index in [2.05, 4.69) is 30.9 Å². The van der Waals surface area contributed by atoms with E-state index >= 15 is 0 Å². The number of carbonyl (C=O) groups is 1. The number of thiazole rings is 1. The van der Waals surface area contributed by atoms with Gasteiger partial charge in [0.05, 0.1) is 40.7 Å². The Kier molecular flexibility index (Phi) is 5.69. The Morgan fingerprint density at radius 2 is 2.09 bits per heavy atom. The summed E-state index contributed by atoms with van der Waals surface area (Å²) in [7, 11) is 0. The van der Waals surface area contributed by atoms with Crippen LogP contribution in [0, 0.1) is 6.92 Å². The SMILES string of the molecule is CC(=O)Nc1nc2c(s1)-c1c(c(-c3ccc(C)nc3)nn1C1CCN(Cc3ncco3)CC1)CC2. The number of amides is 1. The molecule has 10 heteroatoms. The lowest BCUT2D eigenvalue weighted by molar-refractivity contribution is -0.114. The fraction of sp³-hybridized carbons (Fsp3) is 0.400. The summed E-state index contributed by atoms with van der Waals surface area (Å²) in [6, 6.07) is 4.44. The third-order valence-corrected chi connectivity index (χ3v) is 7.77. The van der Waals surface area contributed by atoms with E-state index in [-0.39, 0.29) is 11.9 Å². The van der Waals surface area contributed by atoms with Crippen LogP contribution in [0.1, 0.15) is 48.6 Å². The molecule has 5 heterocycles. The summed E-state index contributed by atoms with van der Waals surface area (Å²) < 4.78 is 7.68. The number of carbonyl (C=O) groups excluding carboxylic acids is 1. The van der Waals surface area contributed by atoms with Crippen LogP contribution >= 0.6 is 11.3 Å². The molecule has 0 atom stereocenters. The van der Waals surface area contributed by atoms with Crippen molar-refractivity contribution in [2.24, 2.45) is 0 Å². The minimum absolute atomic E-state index is 0.102. The van der Waals surface area contributed by atoms with Crippen molar-refractivity contribution in [1.82, 2.24) is 29.6 Å². The highest BCUT2D eigenvalue weighted by Crippen LogP contribution is 2.45. The van der Waals surface area contributed by atoms with Gasteiger partial charge in [-0.2, -0.15) is 5.10 Å². The van der Waals surface area contributed by atoms with Crippen LogP contribution in [0.25, 0.3) is 21.8 Å². The predicted octanol–water partition coefficient (Wildman–Crippen LogP) is 4.26. The molecule has 180 valence electrons. The Labute approximate surface area is 207 Å². The van der Waals surface area contributed by atoms with E-state index in [0.717, 1.165) is 84.4 Å². The average molecular weight is 490 g/mol. The van der Waals surface area contributed by atoms with E-state index in [0.29, 0.717) is 5.13 Å². The number of oxazole rings is 1. The number of rotatable bonds is 5. The van der Waals surface area contributed by atoms with Crippen molar-refractivity contribution in [1.29, 1.82) is 0 Å². The fourth-order valence-corrected chi connectivity index (χ4v) is 6.17.